The molecule has 6 nitrogen and oxygen atoms in total. The van der Waals surface area contributed by atoms with E-state index < -0.39 is 0 Å². The van der Waals surface area contributed by atoms with Gasteiger partial charge in [0.2, 0.25) is 0 Å². The van der Waals surface area contributed by atoms with Gasteiger partial charge in [-0.1, -0.05) is 37.1 Å². The topological polar surface area (TPSA) is 63.1 Å². The molecule has 2 aromatic rings. The summed E-state index contributed by atoms with van der Waals surface area (Å²) in [5.74, 6) is 0. The minimum atomic E-state index is 0.107. The average Bonchev–Trinajstić information content (AvgIpc) is 3.08. The first-order chi connectivity index (χ1) is 12.3. The zero-order chi connectivity index (χ0) is 17.1. The van der Waals surface area contributed by atoms with E-state index in [-0.39, 0.29) is 6.03 Å². The molecule has 2 aliphatic rings. The van der Waals surface area contributed by atoms with E-state index in [2.05, 4.69) is 38.5 Å². The molecule has 0 aliphatic heterocycles. The van der Waals surface area contributed by atoms with Crippen molar-refractivity contribution in [3.8, 4) is 0 Å². The molecule has 1 N–H and O–H groups in total. The molecule has 1 aromatic carbocycles. The lowest BCUT2D eigenvalue weighted by Gasteiger charge is -2.29. The first kappa shape index (κ1) is 16.1. The van der Waals surface area contributed by atoms with Crippen molar-refractivity contribution >= 4 is 6.03 Å². The lowest BCUT2D eigenvalue weighted by molar-refractivity contribution is 0.170. The highest BCUT2D eigenvalue weighted by molar-refractivity contribution is 5.75. The Hall–Kier alpha value is -2.37. The van der Waals surface area contributed by atoms with Crippen molar-refractivity contribution in [1.82, 2.24) is 25.0 Å². The highest BCUT2D eigenvalue weighted by Crippen LogP contribution is 2.34. The number of aromatic nitrogens is 3. The number of hydrogen-bond donors (Lipinski definition) is 1. The van der Waals surface area contributed by atoms with Crippen molar-refractivity contribution in [3.63, 3.8) is 0 Å². The Kier molecular flexibility index (Phi) is 4.68. The molecule has 1 heterocycles. The van der Waals surface area contributed by atoms with Gasteiger partial charge < -0.3 is 10.2 Å². The minimum Gasteiger partial charge on any atom is -0.334 e. The van der Waals surface area contributed by atoms with Crippen LogP contribution >= 0.6 is 0 Å². The van der Waals surface area contributed by atoms with Gasteiger partial charge in [0.25, 0.3) is 0 Å². The predicted molar refractivity (Wildman–Crippen MR) is 94.9 cm³/mol. The largest absolute Gasteiger partial charge is 0.334 e. The summed E-state index contributed by atoms with van der Waals surface area (Å²) in [7, 11) is 0. The molecule has 0 saturated heterocycles. The van der Waals surface area contributed by atoms with Crippen molar-refractivity contribution in [2.45, 2.75) is 63.7 Å². The molecule has 0 radical (unpaired) electrons. The molecule has 2 amide bonds. The van der Waals surface area contributed by atoms with Crippen LogP contribution < -0.4 is 5.32 Å². The second-order valence-electron chi connectivity index (χ2n) is 7.15. The smallest absolute Gasteiger partial charge is 0.318 e. The normalized spacial score (nSPS) is 17.6. The van der Waals surface area contributed by atoms with Crippen LogP contribution in [0.4, 0.5) is 4.79 Å². The van der Waals surface area contributed by atoms with E-state index in [1.54, 1.807) is 17.3 Å². The highest BCUT2D eigenvalue weighted by Gasteiger charge is 2.38. The van der Waals surface area contributed by atoms with Gasteiger partial charge in [-0.25, -0.2) is 14.5 Å². The molecule has 2 saturated carbocycles. The zero-order valence-electron chi connectivity index (χ0n) is 14.5. The van der Waals surface area contributed by atoms with Gasteiger partial charge in [-0.3, -0.25) is 0 Å². The second kappa shape index (κ2) is 7.25. The molecule has 0 bridgehead atoms. The van der Waals surface area contributed by atoms with Gasteiger partial charge >= 0.3 is 6.03 Å². The van der Waals surface area contributed by atoms with E-state index in [1.807, 2.05) is 6.07 Å². The summed E-state index contributed by atoms with van der Waals surface area (Å²) in [5, 5.41) is 7.27. The Bertz CT molecular complexity index is 704. The summed E-state index contributed by atoms with van der Waals surface area (Å²) in [6, 6.07) is 9.32. The van der Waals surface area contributed by atoms with E-state index in [1.165, 1.54) is 12.8 Å². The summed E-state index contributed by atoms with van der Waals surface area (Å²) < 4.78 is 1.80. The summed E-state index contributed by atoms with van der Waals surface area (Å²) >= 11 is 0. The van der Waals surface area contributed by atoms with Crippen LogP contribution in [0.1, 0.15) is 49.7 Å². The molecule has 6 heteroatoms. The molecule has 4 rings (SSSR count). The molecule has 132 valence electrons. The van der Waals surface area contributed by atoms with Crippen LogP contribution in [0.2, 0.25) is 0 Å². The van der Waals surface area contributed by atoms with Gasteiger partial charge in [0.1, 0.15) is 12.7 Å². The number of urea groups is 1. The van der Waals surface area contributed by atoms with Crippen LogP contribution in [-0.4, -0.2) is 37.8 Å². The van der Waals surface area contributed by atoms with Crippen LogP contribution in [0, 0.1) is 0 Å². The number of amides is 2. The van der Waals surface area contributed by atoms with Crippen LogP contribution in [0.15, 0.2) is 36.9 Å². The van der Waals surface area contributed by atoms with Crippen molar-refractivity contribution in [1.29, 1.82) is 0 Å². The summed E-state index contributed by atoms with van der Waals surface area (Å²) in [6.45, 7) is 1.26. The summed E-state index contributed by atoms with van der Waals surface area (Å²) in [6.07, 6.45) is 10.4. The maximum absolute atomic E-state index is 12.7. The van der Waals surface area contributed by atoms with E-state index in [0.717, 1.165) is 36.8 Å². The van der Waals surface area contributed by atoms with Gasteiger partial charge in [-0.05, 0) is 36.8 Å². The van der Waals surface area contributed by atoms with E-state index in [0.29, 0.717) is 25.2 Å². The van der Waals surface area contributed by atoms with Crippen molar-refractivity contribution in [2.75, 3.05) is 0 Å². The molecular weight excluding hydrogens is 314 g/mol. The standard InChI is InChI=1S/C19H25N5O/c25-19(24(18-8-9-18)17-6-1-2-7-17)21-11-15-4-3-5-16(10-15)12-23-14-20-13-22-23/h3-5,10,13-14,17-18H,1-2,6-9,11-12H2,(H,21,25). The van der Waals surface area contributed by atoms with Crippen LogP contribution in [0.3, 0.4) is 0 Å². The lowest BCUT2D eigenvalue weighted by Crippen LogP contribution is -2.46. The van der Waals surface area contributed by atoms with Crippen LogP contribution in [0.5, 0.6) is 0 Å². The fourth-order valence-corrected chi connectivity index (χ4v) is 3.77. The maximum atomic E-state index is 12.7. The molecule has 0 spiro atoms. The Labute approximate surface area is 148 Å². The SMILES string of the molecule is O=C(NCc1cccc(Cn2cncn2)c1)N(C1CCCC1)C1CC1. The van der Waals surface area contributed by atoms with Gasteiger partial charge in [0.15, 0.2) is 0 Å². The highest BCUT2D eigenvalue weighted by atomic mass is 16.2. The first-order valence-corrected chi connectivity index (χ1v) is 9.26. The summed E-state index contributed by atoms with van der Waals surface area (Å²) in [4.78, 5) is 18.8. The minimum absolute atomic E-state index is 0.107. The Morgan fingerprint density at radius 2 is 1.92 bits per heavy atom. The summed E-state index contributed by atoms with van der Waals surface area (Å²) in [5.41, 5.74) is 2.28. The molecular formula is C19H25N5O. The quantitative estimate of drug-likeness (QED) is 0.880. The van der Waals surface area contributed by atoms with Crippen molar-refractivity contribution in [3.05, 3.63) is 48.0 Å². The third kappa shape index (κ3) is 4.00. The van der Waals surface area contributed by atoms with Crippen LogP contribution in [-0.2, 0) is 13.1 Å². The van der Waals surface area contributed by atoms with Crippen molar-refractivity contribution in [2.24, 2.45) is 0 Å². The number of benzene rings is 1. The number of rotatable bonds is 6. The predicted octanol–water partition coefficient (Wildman–Crippen LogP) is 2.94. The van der Waals surface area contributed by atoms with Gasteiger partial charge in [-0.15, -0.1) is 0 Å². The molecule has 2 aliphatic carbocycles. The Morgan fingerprint density at radius 3 is 2.64 bits per heavy atom. The van der Waals surface area contributed by atoms with Crippen LogP contribution in [0.25, 0.3) is 0 Å². The van der Waals surface area contributed by atoms with Gasteiger partial charge in [0.05, 0.1) is 6.54 Å². The van der Waals surface area contributed by atoms with Crippen molar-refractivity contribution < 1.29 is 4.79 Å². The van der Waals surface area contributed by atoms with Gasteiger partial charge in [0, 0.05) is 18.6 Å². The first-order valence-electron chi connectivity index (χ1n) is 9.26. The molecule has 0 unspecified atom stereocenters. The fraction of sp³-hybridized carbons (Fsp3) is 0.526. The average molecular weight is 339 g/mol. The third-order valence-corrected chi connectivity index (χ3v) is 5.14. The van der Waals surface area contributed by atoms with E-state index >= 15 is 0 Å². The maximum Gasteiger partial charge on any atom is 0.318 e. The molecule has 1 aromatic heterocycles. The number of carbonyl (C=O) groups is 1. The third-order valence-electron chi connectivity index (χ3n) is 5.14. The number of nitrogens with zero attached hydrogens (tertiary/aromatic N) is 4. The lowest BCUT2D eigenvalue weighted by atomic mass is 10.1. The number of carbonyl (C=O) groups excluding carboxylic acids is 1. The number of nitrogens with one attached hydrogen (secondary N) is 1. The van der Waals surface area contributed by atoms with Gasteiger partial charge in [-0.2, -0.15) is 5.10 Å². The fourth-order valence-electron chi connectivity index (χ4n) is 3.77. The molecule has 25 heavy (non-hydrogen) atoms. The van der Waals surface area contributed by atoms with E-state index in [9.17, 15) is 4.79 Å². The second-order valence-corrected chi connectivity index (χ2v) is 7.15. The molecule has 2 fully saturated rings. The monoisotopic (exact) mass is 339 g/mol. The number of hydrogen-bond acceptors (Lipinski definition) is 3. The molecule has 0 atom stereocenters. The van der Waals surface area contributed by atoms with E-state index in [4.69, 9.17) is 0 Å². The Balaban J connectivity index is 1.36. The zero-order valence-corrected chi connectivity index (χ0v) is 14.5. The Morgan fingerprint density at radius 1 is 1.16 bits per heavy atom.